The van der Waals surface area contributed by atoms with Crippen LogP contribution in [0.1, 0.15) is 39.6 Å². The zero-order valence-electron chi connectivity index (χ0n) is 18.2. The summed E-state index contributed by atoms with van der Waals surface area (Å²) in [4.78, 5) is 52.1. The lowest BCUT2D eigenvalue weighted by Gasteiger charge is -2.50. The molecule has 10 nitrogen and oxygen atoms in total. The third-order valence-electron chi connectivity index (χ3n) is 6.99. The van der Waals surface area contributed by atoms with Crippen LogP contribution in [0.2, 0.25) is 0 Å². The highest BCUT2D eigenvalue weighted by Crippen LogP contribution is 2.52. The van der Waals surface area contributed by atoms with Crippen LogP contribution < -0.4 is 5.73 Å². The van der Waals surface area contributed by atoms with Crippen molar-refractivity contribution in [2.75, 3.05) is 14.1 Å². The molecule has 1 aromatic carbocycles. The number of nitrogens with zero attached hydrogens (tertiary/aromatic N) is 1. The number of nitrogens with two attached hydrogens (primary N) is 1. The van der Waals surface area contributed by atoms with Crippen molar-refractivity contribution in [3.63, 3.8) is 0 Å². The zero-order valence-corrected chi connectivity index (χ0v) is 18.2. The van der Waals surface area contributed by atoms with Crippen LogP contribution >= 0.6 is 0 Å². The molecular weight excluding hydrogens is 432 g/mol. The van der Waals surface area contributed by atoms with Gasteiger partial charge in [-0.05, 0) is 57.5 Å². The van der Waals surface area contributed by atoms with Gasteiger partial charge in [0.25, 0.3) is 5.91 Å². The summed E-state index contributed by atoms with van der Waals surface area (Å²) in [6, 6.07) is 1.55. The van der Waals surface area contributed by atoms with Gasteiger partial charge in [-0.3, -0.25) is 24.1 Å². The molecule has 0 spiro atoms. The molecule has 0 bridgehead atoms. The number of ketones is 3. The van der Waals surface area contributed by atoms with Gasteiger partial charge in [0.2, 0.25) is 5.78 Å². The van der Waals surface area contributed by atoms with E-state index in [0.717, 1.165) is 0 Å². The lowest BCUT2D eigenvalue weighted by molar-refractivity contribution is -0.148. The average molecular weight is 456 g/mol. The van der Waals surface area contributed by atoms with Gasteiger partial charge in [0, 0.05) is 17.1 Å². The van der Waals surface area contributed by atoms with Crippen molar-refractivity contribution in [3.05, 3.63) is 51.5 Å². The molecule has 0 radical (unpaired) electrons. The normalized spacial score (nSPS) is 29.1. The van der Waals surface area contributed by atoms with Gasteiger partial charge >= 0.3 is 0 Å². The maximum atomic E-state index is 13.4. The number of primary amides is 1. The lowest BCUT2D eigenvalue weighted by Crippen LogP contribution is -2.63. The Hall–Kier alpha value is -3.50. The second-order valence-electron chi connectivity index (χ2n) is 9.01. The standard InChI is InChI=1S/C23H24N2O8/c1-8(26)10-4-5-13(27)15-11(10)6-9-7-12-17(25(2)3)19(29)16(22(24)32)21(31)23(12,33)20(30)14(9)18(15)28/h4-5,9,12,17,27,29-30,33H,6-7H2,1-3H3,(H2,24,32). The molecule has 3 aliphatic rings. The van der Waals surface area contributed by atoms with E-state index in [2.05, 4.69) is 0 Å². The summed E-state index contributed by atoms with van der Waals surface area (Å²) in [7, 11) is 3.11. The van der Waals surface area contributed by atoms with E-state index in [1.165, 1.54) is 24.0 Å². The predicted molar refractivity (Wildman–Crippen MR) is 114 cm³/mol. The first-order valence-electron chi connectivity index (χ1n) is 10.3. The molecule has 33 heavy (non-hydrogen) atoms. The number of aromatic hydroxyl groups is 1. The number of aliphatic hydroxyl groups is 3. The first kappa shape index (κ1) is 22.7. The van der Waals surface area contributed by atoms with Gasteiger partial charge in [0.1, 0.15) is 22.8 Å². The number of allylic oxidation sites excluding steroid dienone is 1. The minimum atomic E-state index is -2.68. The molecule has 0 saturated carbocycles. The second kappa shape index (κ2) is 7.26. The van der Waals surface area contributed by atoms with Gasteiger partial charge in [-0.1, -0.05) is 0 Å². The summed E-state index contributed by atoms with van der Waals surface area (Å²) >= 11 is 0. The van der Waals surface area contributed by atoms with Crippen molar-refractivity contribution in [1.82, 2.24) is 4.90 Å². The Labute approximate surface area is 188 Å². The molecule has 1 amide bonds. The largest absolute Gasteiger partial charge is 0.510 e. The minimum Gasteiger partial charge on any atom is -0.510 e. The number of Topliss-reactive ketones (excluding diaryl/α,β-unsaturated/α-hetero) is 3. The Kier molecular flexibility index (Phi) is 4.99. The molecule has 0 fully saturated rings. The summed E-state index contributed by atoms with van der Waals surface area (Å²) in [5.74, 6) is -7.49. The number of fused-ring (bicyclic) bond motifs is 3. The molecule has 4 rings (SSSR count). The van der Waals surface area contributed by atoms with Gasteiger partial charge in [-0.15, -0.1) is 0 Å². The predicted octanol–water partition coefficient (Wildman–Crippen LogP) is 0.323. The molecule has 174 valence electrons. The molecule has 0 saturated heterocycles. The quantitative estimate of drug-likeness (QED) is 0.316. The fourth-order valence-electron chi connectivity index (χ4n) is 5.58. The number of rotatable bonds is 3. The third kappa shape index (κ3) is 2.87. The van der Waals surface area contributed by atoms with E-state index in [9.17, 15) is 39.6 Å². The van der Waals surface area contributed by atoms with Gasteiger partial charge in [0.15, 0.2) is 17.2 Å². The first-order chi connectivity index (χ1) is 15.3. The molecule has 0 aliphatic heterocycles. The summed E-state index contributed by atoms with van der Waals surface area (Å²) in [5.41, 5.74) is 1.88. The number of aliphatic hydroxyl groups excluding tert-OH is 2. The molecular formula is C23H24N2O8. The molecule has 0 heterocycles. The highest BCUT2D eigenvalue weighted by molar-refractivity contribution is 6.25. The van der Waals surface area contributed by atoms with E-state index in [-0.39, 0.29) is 35.3 Å². The Balaban J connectivity index is 1.99. The van der Waals surface area contributed by atoms with Crippen LogP contribution in [-0.4, -0.2) is 74.3 Å². The Morgan fingerprint density at radius 2 is 1.79 bits per heavy atom. The van der Waals surface area contributed by atoms with Gasteiger partial charge in [0.05, 0.1) is 11.6 Å². The molecule has 0 aromatic heterocycles. The topological polar surface area (TPSA) is 178 Å². The van der Waals surface area contributed by atoms with Crippen LogP contribution in [0.25, 0.3) is 0 Å². The first-order valence-corrected chi connectivity index (χ1v) is 10.3. The molecule has 1 aromatic rings. The van der Waals surface area contributed by atoms with Crippen LogP contribution in [0.4, 0.5) is 0 Å². The number of likely N-dealkylation sites (N-methyl/N-ethyl adjacent to an activating group) is 1. The number of hydrogen-bond acceptors (Lipinski definition) is 9. The number of carbonyl (C=O) groups excluding carboxylic acids is 4. The van der Waals surface area contributed by atoms with Crippen LogP contribution in [0.15, 0.2) is 34.8 Å². The third-order valence-corrected chi connectivity index (χ3v) is 6.99. The Morgan fingerprint density at radius 3 is 2.33 bits per heavy atom. The monoisotopic (exact) mass is 456 g/mol. The summed E-state index contributed by atoms with van der Waals surface area (Å²) < 4.78 is 0. The maximum Gasteiger partial charge on any atom is 0.255 e. The molecule has 3 aliphatic carbocycles. The van der Waals surface area contributed by atoms with Crippen molar-refractivity contribution in [2.24, 2.45) is 17.6 Å². The van der Waals surface area contributed by atoms with E-state index < -0.39 is 63.8 Å². The van der Waals surface area contributed by atoms with Gasteiger partial charge in [-0.2, -0.15) is 0 Å². The molecule has 10 heteroatoms. The van der Waals surface area contributed by atoms with Gasteiger partial charge in [-0.25, -0.2) is 0 Å². The second-order valence-corrected chi connectivity index (χ2v) is 9.01. The molecule has 4 unspecified atom stereocenters. The van der Waals surface area contributed by atoms with E-state index in [0.29, 0.717) is 5.56 Å². The molecule has 6 N–H and O–H groups in total. The van der Waals surface area contributed by atoms with E-state index in [1.807, 2.05) is 0 Å². The molecule has 4 atom stereocenters. The van der Waals surface area contributed by atoms with Gasteiger partial charge < -0.3 is 26.2 Å². The SMILES string of the molecule is CC(=O)c1ccc(O)c2c1CC1CC3C(N(C)C)C(O)=C(C(N)=O)C(=O)C3(O)C(O)=C1C2=O. The fraction of sp³-hybridized carbons (Fsp3) is 0.391. The maximum absolute atomic E-state index is 13.4. The number of carbonyl (C=O) groups is 4. The lowest BCUT2D eigenvalue weighted by atomic mass is 9.58. The van der Waals surface area contributed by atoms with E-state index in [1.54, 1.807) is 14.1 Å². The van der Waals surface area contributed by atoms with Crippen molar-refractivity contribution >= 4 is 23.3 Å². The van der Waals surface area contributed by atoms with Crippen LogP contribution in [0, 0.1) is 11.8 Å². The van der Waals surface area contributed by atoms with E-state index in [4.69, 9.17) is 5.73 Å². The summed E-state index contributed by atoms with van der Waals surface area (Å²) in [6.07, 6.45) is 0.0522. The van der Waals surface area contributed by atoms with Crippen LogP contribution in [-0.2, 0) is 16.0 Å². The zero-order chi connectivity index (χ0) is 24.6. The van der Waals surface area contributed by atoms with Crippen LogP contribution in [0.3, 0.4) is 0 Å². The number of phenols is 1. The highest BCUT2D eigenvalue weighted by Gasteiger charge is 2.63. The van der Waals surface area contributed by atoms with E-state index >= 15 is 0 Å². The minimum absolute atomic E-state index is 0.0290. The smallest absolute Gasteiger partial charge is 0.255 e. The fourth-order valence-corrected chi connectivity index (χ4v) is 5.58. The Bertz CT molecular complexity index is 1210. The number of phenolic OH excluding ortho intramolecular Hbond substituents is 1. The highest BCUT2D eigenvalue weighted by atomic mass is 16.3. The summed E-state index contributed by atoms with van der Waals surface area (Å²) in [6.45, 7) is 1.33. The Morgan fingerprint density at radius 1 is 1.15 bits per heavy atom. The van der Waals surface area contributed by atoms with Crippen molar-refractivity contribution in [3.8, 4) is 5.75 Å². The van der Waals surface area contributed by atoms with Crippen molar-refractivity contribution in [2.45, 2.75) is 31.4 Å². The van der Waals surface area contributed by atoms with Crippen molar-refractivity contribution < 1.29 is 39.6 Å². The number of amides is 1. The number of hydrogen-bond donors (Lipinski definition) is 5. The van der Waals surface area contributed by atoms with Crippen LogP contribution in [0.5, 0.6) is 5.75 Å². The number of benzene rings is 1. The average Bonchev–Trinajstić information content (AvgIpc) is 2.70. The summed E-state index contributed by atoms with van der Waals surface area (Å²) in [5, 5.41) is 43.7. The van der Waals surface area contributed by atoms with Crippen molar-refractivity contribution in [1.29, 1.82) is 0 Å².